The number of rotatable bonds is 0. The third kappa shape index (κ3) is 3.54. The van der Waals surface area contributed by atoms with Gasteiger partial charge in [-0.2, -0.15) is 4.98 Å². The van der Waals surface area contributed by atoms with E-state index in [-0.39, 0.29) is 12.3 Å². The molecule has 0 atom stereocenters. The fourth-order valence-electron chi connectivity index (χ4n) is 2.61. The summed E-state index contributed by atoms with van der Waals surface area (Å²) in [6.07, 6.45) is 1.82. The zero-order valence-electron chi connectivity index (χ0n) is 13.1. The van der Waals surface area contributed by atoms with Crippen molar-refractivity contribution in [1.82, 2.24) is 9.97 Å². The van der Waals surface area contributed by atoms with E-state index in [9.17, 15) is 4.79 Å². The molecule has 1 amide bonds. The van der Waals surface area contributed by atoms with Crippen LogP contribution < -0.4 is 16.0 Å². The van der Waals surface area contributed by atoms with E-state index < -0.39 is 0 Å². The molecule has 3 aromatic rings. The average molecular weight is 352 g/mol. The Labute approximate surface area is 149 Å². The fourth-order valence-corrected chi connectivity index (χ4v) is 2.74. The highest BCUT2D eigenvalue weighted by molar-refractivity contribution is 6.32. The first-order chi connectivity index (χ1) is 12.2. The van der Waals surface area contributed by atoms with Gasteiger partial charge < -0.3 is 16.0 Å². The Morgan fingerprint density at radius 2 is 1.64 bits per heavy atom. The Bertz CT molecular complexity index is 960. The van der Waals surface area contributed by atoms with Gasteiger partial charge in [0.1, 0.15) is 5.02 Å². The van der Waals surface area contributed by atoms with E-state index in [0.29, 0.717) is 22.5 Å². The monoisotopic (exact) mass is 351 g/mol. The number of halogens is 1. The highest BCUT2D eigenvalue weighted by atomic mass is 35.5. The number of nitrogens with zero attached hydrogens (tertiary/aromatic N) is 2. The van der Waals surface area contributed by atoms with Crippen LogP contribution in [-0.2, 0) is 11.2 Å². The lowest BCUT2D eigenvalue weighted by molar-refractivity contribution is -0.115. The number of hydrogen-bond acceptors (Lipinski definition) is 5. The van der Waals surface area contributed by atoms with Gasteiger partial charge in [0.25, 0.3) is 0 Å². The van der Waals surface area contributed by atoms with E-state index in [2.05, 4.69) is 25.9 Å². The summed E-state index contributed by atoms with van der Waals surface area (Å²) < 4.78 is 0. The predicted octanol–water partition coefficient (Wildman–Crippen LogP) is 4.11. The Morgan fingerprint density at radius 1 is 0.920 bits per heavy atom. The lowest BCUT2D eigenvalue weighted by Gasteiger charge is -2.13. The van der Waals surface area contributed by atoms with Crippen LogP contribution in [0.3, 0.4) is 0 Å². The summed E-state index contributed by atoms with van der Waals surface area (Å²) >= 11 is 6.20. The third-order valence-corrected chi connectivity index (χ3v) is 3.98. The van der Waals surface area contributed by atoms with Gasteiger partial charge in [-0.1, -0.05) is 29.8 Å². The highest BCUT2D eigenvalue weighted by Gasteiger charge is 2.10. The summed E-state index contributed by atoms with van der Waals surface area (Å²) in [5.41, 5.74) is 3.16. The van der Waals surface area contributed by atoms with Crippen LogP contribution >= 0.6 is 11.6 Å². The molecule has 0 fully saturated rings. The predicted molar refractivity (Wildman–Crippen MR) is 98.8 cm³/mol. The molecule has 124 valence electrons. The van der Waals surface area contributed by atoms with E-state index >= 15 is 0 Å². The SMILES string of the molecule is O=C1Cc2cccc(c2)Nc2ncc(Cl)c(n2)Nc2cccc(c2)N1. The van der Waals surface area contributed by atoms with Crippen molar-refractivity contribution in [2.24, 2.45) is 0 Å². The number of nitrogens with one attached hydrogen (secondary N) is 3. The molecule has 0 aliphatic carbocycles. The third-order valence-electron chi connectivity index (χ3n) is 3.70. The zero-order valence-corrected chi connectivity index (χ0v) is 13.8. The molecular formula is C18H14ClN5O. The molecule has 2 heterocycles. The Kier molecular flexibility index (Phi) is 3.95. The Balaban J connectivity index is 1.81. The zero-order chi connectivity index (χ0) is 17.2. The van der Waals surface area contributed by atoms with E-state index in [1.54, 1.807) is 6.20 Å². The summed E-state index contributed by atoms with van der Waals surface area (Å²) in [5.74, 6) is 0.816. The van der Waals surface area contributed by atoms with Crippen LogP contribution in [0.4, 0.5) is 28.8 Å². The van der Waals surface area contributed by atoms with E-state index in [1.807, 2.05) is 48.5 Å². The van der Waals surface area contributed by atoms with Crippen molar-refractivity contribution in [3.05, 3.63) is 65.3 Å². The highest BCUT2D eigenvalue weighted by Crippen LogP contribution is 2.27. The van der Waals surface area contributed by atoms with Crippen molar-refractivity contribution in [2.45, 2.75) is 6.42 Å². The molecule has 6 bridgehead atoms. The topological polar surface area (TPSA) is 78.9 Å². The van der Waals surface area contributed by atoms with Crippen molar-refractivity contribution in [1.29, 1.82) is 0 Å². The smallest absolute Gasteiger partial charge is 0.229 e. The van der Waals surface area contributed by atoms with Crippen LogP contribution in [0.1, 0.15) is 5.56 Å². The Hall–Kier alpha value is -3.12. The van der Waals surface area contributed by atoms with Gasteiger partial charge in [0.15, 0.2) is 5.82 Å². The number of aromatic nitrogens is 2. The molecule has 0 saturated carbocycles. The molecule has 4 rings (SSSR count). The van der Waals surface area contributed by atoms with Gasteiger partial charge in [-0.05, 0) is 35.9 Å². The van der Waals surface area contributed by atoms with Crippen LogP contribution in [-0.4, -0.2) is 15.9 Å². The maximum Gasteiger partial charge on any atom is 0.229 e. The van der Waals surface area contributed by atoms with E-state index in [4.69, 9.17) is 11.6 Å². The summed E-state index contributed by atoms with van der Waals surface area (Å²) in [4.78, 5) is 20.9. The van der Waals surface area contributed by atoms with Crippen molar-refractivity contribution in [2.75, 3.05) is 16.0 Å². The molecule has 0 radical (unpaired) electrons. The number of carbonyl (C=O) groups is 1. The first-order valence-corrected chi connectivity index (χ1v) is 8.09. The van der Waals surface area contributed by atoms with Crippen molar-refractivity contribution >= 4 is 46.3 Å². The second-order valence-electron chi connectivity index (χ2n) is 5.65. The molecule has 2 aromatic carbocycles. The van der Waals surface area contributed by atoms with Crippen LogP contribution in [0, 0.1) is 0 Å². The molecule has 0 unspecified atom stereocenters. The number of fused-ring (bicyclic) bond motifs is 6. The largest absolute Gasteiger partial charge is 0.339 e. The molecule has 0 spiro atoms. The van der Waals surface area contributed by atoms with Gasteiger partial charge in [-0.25, -0.2) is 4.98 Å². The first kappa shape index (κ1) is 15.4. The molecule has 3 N–H and O–H groups in total. The normalized spacial score (nSPS) is 13.1. The van der Waals surface area contributed by atoms with Crippen LogP contribution in [0.5, 0.6) is 0 Å². The van der Waals surface area contributed by atoms with Gasteiger partial charge >= 0.3 is 0 Å². The average Bonchev–Trinajstić information content (AvgIpc) is 2.58. The molecule has 25 heavy (non-hydrogen) atoms. The number of amides is 1. The maximum atomic E-state index is 12.3. The lowest BCUT2D eigenvalue weighted by Crippen LogP contribution is -2.14. The van der Waals surface area contributed by atoms with Gasteiger partial charge in [0.05, 0.1) is 12.6 Å². The summed E-state index contributed by atoms with van der Waals surface area (Å²) in [6.45, 7) is 0. The molecule has 0 saturated heterocycles. The first-order valence-electron chi connectivity index (χ1n) is 7.71. The van der Waals surface area contributed by atoms with Gasteiger partial charge in [0, 0.05) is 17.1 Å². The minimum atomic E-state index is -0.0841. The van der Waals surface area contributed by atoms with Crippen LogP contribution in [0.25, 0.3) is 0 Å². The van der Waals surface area contributed by atoms with Gasteiger partial charge in [-0.3, -0.25) is 4.79 Å². The molecule has 1 aromatic heterocycles. The van der Waals surface area contributed by atoms with Crippen molar-refractivity contribution < 1.29 is 4.79 Å². The van der Waals surface area contributed by atoms with Crippen LogP contribution in [0.15, 0.2) is 54.7 Å². The fraction of sp³-hybridized carbons (Fsp3) is 0.0556. The molecular weight excluding hydrogens is 338 g/mol. The number of hydrogen-bond donors (Lipinski definition) is 3. The molecule has 1 aliphatic rings. The van der Waals surface area contributed by atoms with E-state index in [0.717, 1.165) is 16.9 Å². The van der Waals surface area contributed by atoms with Crippen molar-refractivity contribution in [3.63, 3.8) is 0 Å². The molecule has 1 aliphatic heterocycles. The quantitative estimate of drug-likeness (QED) is 0.568. The second-order valence-corrected chi connectivity index (χ2v) is 6.05. The maximum absolute atomic E-state index is 12.3. The summed E-state index contributed by atoms with van der Waals surface area (Å²) in [5, 5.41) is 9.59. The number of anilines is 5. The minimum absolute atomic E-state index is 0.0841. The van der Waals surface area contributed by atoms with Gasteiger partial charge in [0.2, 0.25) is 11.9 Å². The second kappa shape index (κ2) is 6.41. The summed E-state index contributed by atoms with van der Waals surface area (Å²) in [6, 6.07) is 14.9. The Morgan fingerprint density at radius 3 is 2.48 bits per heavy atom. The van der Waals surface area contributed by atoms with Gasteiger partial charge in [-0.15, -0.1) is 0 Å². The van der Waals surface area contributed by atoms with E-state index in [1.165, 1.54) is 0 Å². The van der Waals surface area contributed by atoms with Crippen molar-refractivity contribution in [3.8, 4) is 0 Å². The molecule has 6 nitrogen and oxygen atoms in total. The number of carbonyl (C=O) groups excluding carboxylic acids is 1. The molecule has 7 heteroatoms. The minimum Gasteiger partial charge on any atom is -0.339 e. The number of benzene rings is 2. The van der Waals surface area contributed by atoms with Crippen LogP contribution in [0.2, 0.25) is 5.02 Å². The lowest BCUT2D eigenvalue weighted by atomic mass is 10.1. The standard InChI is InChI=1S/C18H14ClN5O/c19-15-10-20-18-23-12-4-1-3-11(7-12)8-16(25)21-13-5-2-6-14(9-13)22-17(15)24-18/h1-7,9-10H,8H2,(H,21,25)(H2,20,22,23,24). The summed E-state index contributed by atoms with van der Waals surface area (Å²) in [7, 11) is 0.